The van der Waals surface area contributed by atoms with Gasteiger partial charge in [-0.2, -0.15) is 0 Å². The second kappa shape index (κ2) is 7.02. The molecule has 0 spiro atoms. The molecule has 6 heteroatoms. The van der Waals surface area contributed by atoms with Gasteiger partial charge in [0.1, 0.15) is 0 Å². The smallest absolute Gasteiger partial charge is 0.303 e. The molecule has 2 aliphatic rings. The van der Waals surface area contributed by atoms with Gasteiger partial charge in [0.2, 0.25) is 5.91 Å². The van der Waals surface area contributed by atoms with Crippen molar-refractivity contribution in [3.05, 3.63) is 58.5 Å². The van der Waals surface area contributed by atoms with E-state index in [0.29, 0.717) is 19.6 Å². The first-order valence-electron chi connectivity index (χ1n) is 9.31. The van der Waals surface area contributed by atoms with Crippen molar-refractivity contribution in [3.8, 4) is 11.1 Å². The van der Waals surface area contributed by atoms with Gasteiger partial charge in [-0.3, -0.25) is 14.4 Å². The van der Waals surface area contributed by atoms with Crippen molar-refractivity contribution in [2.24, 2.45) is 5.92 Å². The van der Waals surface area contributed by atoms with E-state index < -0.39 is 5.97 Å². The van der Waals surface area contributed by atoms with Crippen molar-refractivity contribution < 1.29 is 14.7 Å². The minimum Gasteiger partial charge on any atom is -0.481 e. The zero-order valence-corrected chi connectivity index (χ0v) is 15.0. The maximum atomic E-state index is 12.5. The van der Waals surface area contributed by atoms with Crippen LogP contribution in [0.15, 0.2) is 47.3 Å². The van der Waals surface area contributed by atoms with E-state index in [4.69, 9.17) is 5.11 Å². The Morgan fingerprint density at radius 1 is 1.00 bits per heavy atom. The molecular formula is C21H22N2O4. The molecule has 3 heterocycles. The molecule has 1 aromatic heterocycles. The number of carbonyl (C=O) groups excluding carboxylic acids is 1. The zero-order chi connectivity index (χ0) is 19.0. The van der Waals surface area contributed by atoms with Crippen LogP contribution in [0, 0.1) is 5.92 Å². The van der Waals surface area contributed by atoms with Gasteiger partial charge in [-0.15, -0.1) is 0 Å². The quantitative estimate of drug-likeness (QED) is 0.901. The summed E-state index contributed by atoms with van der Waals surface area (Å²) in [7, 11) is 0. The van der Waals surface area contributed by atoms with Crippen LogP contribution in [0.4, 0.5) is 0 Å². The summed E-state index contributed by atoms with van der Waals surface area (Å²) in [6.45, 7) is 1.74. The van der Waals surface area contributed by atoms with Gasteiger partial charge < -0.3 is 14.6 Å². The van der Waals surface area contributed by atoms with E-state index in [0.717, 1.165) is 23.2 Å². The van der Waals surface area contributed by atoms with E-state index in [1.54, 1.807) is 11.0 Å². The third-order valence-corrected chi connectivity index (χ3v) is 5.58. The number of piperidine rings is 1. The number of fused-ring (bicyclic) bond motifs is 4. The fourth-order valence-electron chi connectivity index (χ4n) is 4.45. The molecule has 2 aromatic rings. The second-order valence-corrected chi connectivity index (χ2v) is 7.44. The lowest BCUT2D eigenvalue weighted by molar-refractivity contribution is -0.141. The third kappa shape index (κ3) is 3.39. The number of carboxylic acid groups (broad SMARTS) is 1. The Kier molecular flexibility index (Phi) is 4.56. The summed E-state index contributed by atoms with van der Waals surface area (Å²) < 4.78 is 1.88. The molecule has 2 bridgehead atoms. The number of hydrogen-bond donors (Lipinski definition) is 1. The van der Waals surface area contributed by atoms with E-state index in [2.05, 4.69) is 0 Å². The van der Waals surface area contributed by atoms with Gasteiger partial charge in [0.15, 0.2) is 0 Å². The Bertz CT molecular complexity index is 935. The topological polar surface area (TPSA) is 79.6 Å². The predicted octanol–water partition coefficient (Wildman–Crippen LogP) is 2.33. The minimum absolute atomic E-state index is 0.00466. The number of aliphatic carboxylic acids is 1. The maximum Gasteiger partial charge on any atom is 0.303 e. The van der Waals surface area contributed by atoms with Crippen LogP contribution in [0.2, 0.25) is 0 Å². The van der Waals surface area contributed by atoms with E-state index >= 15 is 0 Å². The van der Waals surface area contributed by atoms with Crippen molar-refractivity contribution in [2.45, 2.75) is 31.7 Å². The fraction of sp³-hybridized carbons (Fsp3) is 0.381. The van der Waals surface area contributed by atoms with Gasteiger partial charge in [0.05, 0.1) is 6.42 Å². The number of nitrogens with zero attached hydrogens (tertiary/aromatic N) is 2. The highest BCUT2D eigenvalue weighted by atomic mass is 16.4. The first kappa shape index (κ1) is 17.5. The SMILES string of the molecule is O=C(O)CCC(=O)N1C[C@@H]2C[C@H](C1)c1c(-c3ccccc3)ccc(=O)n1C2. The Balaban J connectivity index is 1.68. The molecule has 0 saturated carbocycles. The van der Waals surface area contributed by atoms with Crippen LogP contribution in [0.5, 0.6) is 0 Å². The molecule has 27 heavy (non-hydrogen) atoms. The Morgan fingerprint density at radius 2 is 1.78 bits per heavy atom. The number of rotatable bonds is 4. The highest BCUT2D eigenvalue weighted by molar-refractivity contribution is 5.81. The first-order chi connectivity index (χ1) is 13.0. The molecule has 1 amide bonds. The van der Waals surface area contributed by atoms with Crippen LogP contribution in [0.25, 0.3) is 11.1 Å². The van der Waals surface area contributed by atoms with Crippen molar-refractivity contribution >= 4 is 11.9 Å². The van der Waals surface area contributed by atoms with Gasteiger partial charge in [-0.25, -0.2) is 0 Å². The number of pyridine rings is 1. The van der Waals surface area contributed by atoms with E-state index in [1.165, 1.54) is 0 Å². The van der Waals surface area contributed by atoms with E-state index in [9.17, 15) is 14.4 Å². The number of amides is 1. The average molecular weight is 366 g/mol. The van der Waals surface area contributed by atoms with Crippen molar-refractivity contribution in [3.63, 3.8) is 0 Å². The highest BCUT2D eigenvalue weighted by Crippen LogP contribution is 2.39. The number of carboxylic acids is 1. The molecule has 2 aliphatic heterocycles. The van der Waals surface area contributed by atoms with Crippen LogP contribution in [-0.4, -0.2) is 39.5 Å². The number of carbonyl (C=O) groups is 2. The van der Waals surface area contributed by atoms with Gasteiger partial charge in [-0.1, -0.05) is 30.3 Å². The lowest BCUT2D eigenvalue weighted by atomic mass is 9.80. The monoisotopic (exact) mass is 366 g/mol. The average Bonchev–Trinajstić information content (AvgIpc) is 2.67. The largest absolute Gasteiger partial charge is 0.481 e. The van der Waals surface area contributed by atoms with E-state index in [1.807, 2.05) is 41.0 Å². The standard InChI is InChI=1S/C21H22N2O4/c24-18(8-9-20(26)27)22-11-14-10-16(13-22)21-17(15-4-2-1-3-5-15)6-7-19(25)23(21)12-14/h1-7,14,16H,8-13H2,(H,26,27)/t14-,16+/m0/s1. The molecule has 140 valence electrons. The van der Waals surface area contributed by atoms with Gasteiger partial charge in [0, 0.05) is 49.3 Å². The highest BCUT2D eigenvalue weighted by Gasteiger charge is 2.37. The molecule has 1 saturated heterocycles. The van der Waals surface area contributed by atoms with Crippen molar-refractivity contribution in [1.82, 2.24) is 9.47 Å². The third-order valence-electron chi connectivity index (χ3n) is 5.58. The van der Waals surface area contributed by atoms with Crippen LogP contribution in [0.1, 0.15) is 30.9 Å². The molecule has 0 radical (unpaired) electrons. The van der Waals surface area contributed by atoms with Crippen LogP contribution in [0.3, 0.4) is 0 Å². The van der Waals surface area contributed by atoms with Crippen LogP contribution < -0.4 is 5.56 Å². The molecule has 1 fully saturated rings. The normalized spacial score (nSPS) is 20.8. The summed E-state index contributed by atoms with van der Waals surface area (Å²) in [6, 6.07) is 13.5. The predicted molar refractivity (Wildman–Crippen MR) is 100 cm³/mol. The maximum absolute atomic E-state index is 12.5. The molecule has 1 N–H and O–H groups in total. The Hall–Kier alpha value is -2.89. The zero-order valence-electron chi connectivity index (χ0n) is 15.0. The molecule has 2 atom stereocenters. The molecular weight excluding hydrogens is 344 g/mol. The molecule has 0 aliphatic carbocycles. The summed E-state index contributed by atoms with van der Waals surface area (Å²) in [5, 5.41) is 8.84. The summed E-state index contributed by atoms with van der Waals surface area (Å²) in [4.78, 5) is 37.5. The lowest BCUT2D eigenvalue weighted by Crippen LogP contribution is -2.49. The molecule has 4 rings (SSSR count). The Morgan fingerprint density at radius 3 is 2.52 bits per heavy atom. The molecule has 0 unspecified atom stereocenters. The van der Waals surface area contributed by atoms with Gasteiger partial charge in [-0.05, 0) is 24.0 Å². The Labute approximate surface area is 157 Å². The van der Waals surface area contributed by atoms with E-state index in [-0.39, 0.29) is 36.1 Å². The van der Waals surface area contributed by atoms with Crippen LogP contribution in [-0.2, 0) is 16.1 Å². The first-order valence-corrected chi connectivity index (χ1v) is 9.31. The summed E-state index contributed by atoms with van der Waals surface area (Å²) in [6.07, 6.45) is 0.837. The fourth-order valence-corrected chi connectivity index (χ4v) is 4.45. The summed E-state index contributed by atoms with van der Waals surface area (Å²) in [5.74, 6) is -0.743. The molecule has 6 nitrogen and oxygen atoms in total. The van der Waals surface area contributed by atoms with Crippen molar-refractivity contribution in [2.75, 3.05) is 13.1 Å². The second-order valence-electron chi connectivity index (χ2n) is 7.44. The number of hydrogen-bond acceptors (Lipinski definition) is 3. The van der Waals surface area contributed by atoms with Crippen molar-refractivity contribution in [1.29, 1.82) is 0 Å². The number of aromatic nitrogens is 1. The number of benzene rings is 1. The van der Waals surface area contributed by atoms with Gasteiger partial charge >= 0.3 is 5.97 Å². The van der Waals surface area contributed by atoms with Crippen LogP contribution >= 0.6 is 0 Å². The summed E-state index contributed by atoms with van der Waals surface area (Å²) >= 11 is 0. The van der Waals surface area contributed by atoms with Gasteiger partial charge in [0.25, 0.3) is 5.56 Å². The summed E-state index contributed by atoms with van der Waals surface area (Å²) in [5.41, 5.74) is 3.11. The minimum atomic E-state index is -0.955. The lowest BCUT2D eigenvalue weighted by Gasteiger charge is -2.43. The number of likely N-dealkylation sites (tertiary alicyclic amines) is 1. The molecule has 1 aromatic carbocycles.